The van der Waals surface area contributed by atoms with Crippen LogP contribution in [0.15, 0.2) is 43.0 Å². The number of imidazole rings is 1. The first-order valence-corrected chi connectivity index (χ1v) is 12.0. The minimum atomic E-state index is -4.19. The van der Waals surface area contributed by atoms with E-state index in [1.165, 1.54) is 17.2 Å². The van der Waals surface area contributed by atoms with E-state index in [9.17, 15) is 24.5 Å². The number of hydrogen-bond donors (Lipinski definition) is 5. The van der Waals surface area contributed by atoms with Gasteiger partial charge in [-0.25, -0.2) is 19.7 Å². The maximum atomic E-state index is 12.3. The normalized spacial score (nSPS) is 24.1. The van der Waals surface area contributed by atoms with E-state index in [0.717, 1.165) is 0 Å². The van der Waals surface area contributed by atoms with Crippen LogP contribution in [0, 0.1) is 0 Å². The van der Waals surface area contributed by atoms with E-state index in [-0.39, 0.29) is 29.7 Å². The highest BCUT2D eigenvalue weighted by molar-refractivity contribution is 7.51. The van der Waals surface area contributed by atoms with Gasteiger partial charge in [0, 0.05) is 18.4 Å². The minimum Gasteiger partial charge on any atom is -0.778 e. The Morgan fingerprint density at radius 1 is 1.21 bits per heavy atom. The molecule has 1 aliphatic heterocycles. The molecule has 4 rings (SSSR count). The second-order valence-corrected chi connectivity index (χ2v) is 9.38. The first-order valence-electron chi connectivity index (χ1n) is 10.3. The van der Waals surface area contributed by atoms with Crippen molar-refractivity contribution in [3.63, 3.8) is 0 Å². The van der Waals surface area contributed by atoms with E-state index in [4.69, 9.17) is 15.0 Å². The van der Waals surface area contributed by atoms with Crippen LogP contribution >= 0.6 is 7.60 Å². The number of carbonyl (C=O) groups excluding carboxylic acids is 1. The molecule has 2 unspecified atom stereocenters. The molecule has 1 aliphatic rings. The van der Waals surface area contributed by atoms with Crippen LogP contribution in [0.1, 0.15) is 6.23 Å². The van der Waals surface area contributed by atoms with E-state index in [2.05, 4.69) is 25.6 Å². The lowest BCUT2D eigenvalue weighted by molar-refractivity contribution is -0.201. The summed E-state index contributed by atoms with van der Waals surface area (Å²) in [6, 6.07) is 8.24. The Hall–Kier alpha value is -2.97. The van der Waals surface area contributed by atoms with Crippen molar-refractivity contribution in [1.82, 2.24) is 19.5 Å². The number of aromatic nitrogens is 4. The number of anilines is 2. The van der Waals surface area contributed by atoms with Gasteiger partial charge in [0.05, 0.1) is 12.9 Å². The number of carbonyl (C=O) groups is 1. The zero-order valence-electron chi connectivity index (χ0n) is 17.7. The van der Waals surface area contributed by atoms with Crippen molar-refractivity contribution in [3.05, 3.63) is 43.0 Å². The van der Waals surface area contributed by atoms with Crippen molar-refractivity contribution in [3.8, 4) is 0 Å². The van der Waals surface area contributed by atoms with Crippen molar-refractivity contribution in [1.29, 1.82) is 0 Å². The van der Waals surface area contributed by atoms with Gasteiger partial charge in [-0.2, -0.15) is 0 Å². The lowest BCUT2D eigenvalue weighted by atomic mass is 10.1. The zero-order chi connectivity index (χ0) is 24.3. The molecule has 34 heavy (non-hydrogen) atoms. The second kappa shape index (κ2) is 10.1. The molecule has 1 aromatic carbocycles. The Bertz CT molecular complexity index is 1190. The third kappa shape index (κ3) is 5.23. The SMILES string of the molecule is NCCP(=O)([O-])OC[C@H]1O[C@@H](n2cnc3c(NC(=O)Nc4ccccc4)ncnc32)[C@@H](O)C1O. The average Bonchev–Trinajstić information content (AvgIpc) is 3.35. The summed E-state index contributed by atoms with van der Waals surface area (Å²) in [6.45, 7) is -0.607. The molecule has 15 heteroatoms. The summed E-state index contributed by atoms with van der Waals surface area (Å²) in [5.74, 6) is 0.110. The van der Waals surface area contributed by atoms with Gasteiger partial charge < -0.3 is 40.0 Å². The van der Waals surface area contributed by atoms with Crippen LogP contribution < -0.4 is 21.3 Å². The van der Waals surface area contributed by atoms with Gasteiger partial charge in [-0.15, -0.1) is 0 Å². The monoisotopic (exact) mass is 492 g/mol. The van der Waals surface area contributed by atoms with Gasteiger partial charge in [-0.3, -0.25) is 9.88 Å². The first kappa shape index (κ1) is 24.2. The van der Waals surface area contributed by atoms with Crippen LogP contribution in [0.5, 0.6) is 0 Å². The molecule has 0 radical (unpaired) electrons. The van der Waals surface area contributed by atoms with Crippen molar-refractivity contribution < 1.29 is 33.7 Å². The van der Waals surface area contributed by atoms with E-state index in [1.807, 2.05) is 6.07 Å². The van der Waals surface area contributed by atoms with E-state index < -0.39 is 44.8 Å². The number of hydrogen-bond acceptors (Lipinski definition) is 11. The maximum absolute atomic E-state index is 12.3. The number of urea groups is 1. The highest BCUT2D eigenvalue weighted by Gasteiger charge is 2.44. The highest BCUT2D eigenvalue weighted by atomic mass is 31.2. The average molecular weight is 492 g/mol. The summed E-state index contributed by atoms with van der Waals surface area (Å²) >= 11 is 0. The van der Waals surface area contributed by atoms with Gasteiger partial charge in [0.1, 0.15) is 32.2 Å². The lowest BCUT2D eigenvalue weighted by Crippen LogP contribution is -2.34. The molecule has 182 valence electrons. The molecule has 0 saturated carbocycles. The number of nitrogens with two attached hydrogens (primary N) is 1. The first-order chi connectivity index (χ1) is 16.3. The molecule has 3 aromatic rings. The maximum Gasteiger partial charge on any atom is 0.324 e. The number of rotatable bonds is 8. The fourth-order valence-corrected chi connectivity index (χ4v) is 4.25. The molecular formula is C19H23N7O7P-. The standard InChI is InChI=1S/C19H24N7O7P/c20-6-7-34(30,31)32-8-12-14(27)15(28)18(33-12)26-10-23-13-16(21-9-22-17(13)26)25-19(29)24-11-4-2-1-3-5-11/h1-5,9-10,12,14-15,18,27-28H,6-8,20H2,(H,30,31)(H2,21,22,24,25,29)/p-1/t12-,14?,15+,18-/m1/s1. The number of benzene rings is 1. The number of para-hydroxylation sites is 1. The van der Waals surface area contributed by atoms with Crippen LogP contribution in [-0.2, 0) is 13.8 Å². The van der Waals surface area contributed by atoms with Crippen LogP contribution in [0.3, 0.4) is 0 Å². The number of amides is 2. The largest absolute Gasteiger partial charge is 0.778 e. The number of nitrogens with one attached hydrogen (secondary N) is 2. The molecule has 2 amide bonds. The Morgan fingerprint density at radius 2 is 1.97 bits per heavy atom. The molecular weight excluding hydrogens is 469 g/mol. The Kier molecular flexibility index (Phi) is 7.19. The number of aliphatic hydroxyl groups excluding tert-OH is 2. The smallest absolute Gasteiger partial charge is 0.324 e. The van der Waals surface area contributed by atoms with Gasteiger partial charge in [-0.05, 0) is 12.1 Å². The van der Waals surface area contributed by atoms with Gasteiger partial charge in [0.25, 0.3) is 0 Å². The summed E-state index contributed by atoms with van der Waals surface area (Å²) in [7, 11) is -4.19. The molecule has 1 saturated heterocycles. The summed E-state index contributed by atoms with van der Waals surface area (Å²) in [5.41, 5.74) is 6.24. The van der Waals surface area contributed by atoms with E-state index >= 15 is 0 Å². The predicted octanol–water partition coefficient (Wildman–Crippen LogP) is -0.382. The molecule has 6 N–H and O–H groups in total. The zero-order valence-corrected chi connectivity index (χ0v) is 18.6. The molecule has 0 bridgehead atoms. The van der Waals surface area contributed by atoms with Crippen molar-refractivity contribution in [2.45, 2.75) is 24.5 Å². The van der Waals surface area contributed by atoms with Crippen molar-refractivity contribution in [2.75, 3.05) is 29.9 Å². The van der Waals surface area contributed by atoms with Crippen molar-refractivity contribution >= 4 is 36.3 Å². The summed E-state index contributed by atoms with van der Waals surface area (Å²) in [4.78, 5) is 36.5. The fraction of sp³-hybridized carbons (Fsp3) is 0.368. The number of fused-ring (bicyclic) bond motifs is 1. The van der Waals surface area contributed by atoms with Gasteiger partial charge in [-0.1, -0.05) is 18.2 Å². The minimum absolute atomic E-state index is 0.110. The molecule has 2 aromatic heterocycles. The van der Waals surface area contributed by atoms with Crippen LogP contribution in [0.25, 0.3) is 11.2 Å². The molecule has 14 nitrogen and oxygen atoms in total. The number of aliphatic hydroxyl groups is 2. The van der Waals surface area contributed by atoms with Crippen LogP contribution in [0.2, 0.25) is 0 Å². The number of nitrogens with zero attached hydrogens (tertiary/aromatic N) is 4. The van der Waals surface area contributed by atoms with Gasteiger partial charge in [0.2, 0.25) is 0 Å². The molecule has 3 heterocycles. The summed E-state index contributed by atoms with van der Waals surface area (Å²) in [6.07, 6.45) is -3.01. The Morgan fingerprint density at radius 3 is 2.71 bits per heavy atom. The topological polar surface area (TPSA) is 210 Å². The van der Waals surface area contributed by atoms with Crippen molar-refractivity contribution in [2.24, 2.45) is 5.73 Å². The molecule has 5 atom stereocenters. The quantitative estimate of drug-likeness (QED) is 0.256. The third-order valence-corrected chi connectivity index (χ3v) is 6.42. The van der Waals surface area contributed by atoms with E-state index in [0.29, 0.717) is 5.69 Å². The highest BCUT2D eigenvalue weighted by Crippen LogP contribution is 2.38. The molecule has 0 spiro atoms. The molecule has 0 aliphatic carbocycles. The lowest BCUT2D eigenvalue weighted by Gasteiger charge is -2.25. The predicted molar refractivity (Wildman–Crippen MR) is 118 cm³/mol. The summed E-state index contributed by atoms with van der Waals surface area (Å²) < 4.78 is 23.6. The summed E-state index contributed by atoms with van der Waals surface area (Å²) in [5, 5.41) is 26.1. The second-order valence-electron chi connectivity index (χ2n) is 7.46. The molecule has 1 fully saturated rings. The third-order valence-electron chi connectivity index (χ3n) is 5.07. The van der Waals surface area contributed by atoms with Gasteiger partial charge in [0.15, 0.2) is 23.2 Å². The fourth-order valence-electron chi connectivity index (χ4n) is 3.43. The number of ether oxygens (including phenoxy) is 1. The van der Waals surface area contributed by atoms with Gasteiger partial charge >= 0.3 is 6.03 Å². The van der Waals surface area contributed by atoms with E-state index in [1.54, 1.807) is 24.3 Å². The Labute approximate surface area is 193 Å². The van der Waals surface area contributed by atoms with Crippen LogP contribution in [-0.4, -0.2) is 73.4 Å². The Balaban J connectivity index is 1.49. The van der Waals surface area contributed by atoms with Crippen LogP contribution in [0.4, 0.5) is 16.3 Å².